The molecule has 8 heteroatoms. The minimum absolute atomic E-state index is 0.445. The lowest BCUT2D eigenvalue weighted by Crippen LogP contribution is -2.19. The van der Waals surface area contributed by atoms with E-state index in [1.54, 1.807) is 23.9 Å². The molecular weight excluding hydrogens is 326 g/mol. The largest absolute Gasteiger partial charge is 0.311 e. The third-order valence-corrected chi connectivity index (χ3v) is 4.53. The number of rotatable bonds is 7. The quantitative estimate of drug-likeness (QED) is 0.346. The first-order chi connectivity index (χ1) is 11.8. The molecule has 0 fully saturated rings. The Kier molecular flexibility index (Phi) is 5.32. The highest BCUT2D eigenvalue weighted by molar-refractivity contribution is 7.17. The summed E-state index contributed by atoms with van der Waals surface area (Å²) < 4.78 is 1.86. The molecule has 0 aromatic carbocycles. The van der Waals surface area contributed by atoms with Gasteiger partial charge in [0.15, 0.2) is 0 Å². The van der Waals surface area contributed by atoms with Crippen LogP contribution in [0.5, 0.6) is 0 Å². The van der Waals surface area contributed by atoms with E-state index in [2.05, 4.69) is 15.4 Å². The Hall–Kier alpha value is -2.55. The van der Waals surface area contributed by atoms with E-state index in [0.29, 0.717) is 4.88 Å². The molecule has 1 amide bonds. The average molecular weight is 343 g/mol. The van der Waals surface area contributed by atoms with Crippen LogP contribution in [0.4, 0.5) is 0 Å². The molecule has 0 saturated carbocycles. The third kappa shape index (κ3) is 4.05. The lowest BCUT2D eigenvalue weighted by Gasteiger charge is -2.04. The normalized spacial score (nSPS) is 10.7. The Bertz CT molecular complexity index is 800. The zero-order valence-electron chi connectivity index (χ0n) is 12.8. The smallest absolute Gasteiger partial charge is 0.284 e. The summed E-state index contributed by atoms with van der Waals surface area (Å²) in [5.74, 6) is -0.508. The van der Waals surface area contributed by atoms with Crippen molar-refractivity contribution in [2.45, 2.75) is 13.1 Å². The summed E-state index contributed by atoms with van der Waals surface area (Å²) in [7, 11) is 0. The summed E-state index contributed by atoms with van der Waals surface area (Å²) in [6.45, 7) is 2.34. The molecule has 3 aromatic heterocycles. The number of thiophene rings is 1. The van der Waals surface area contributed by atoms with Gasteiger partial charge in [-0.25, -0.2) is 5.48 Å². The van der Waals surface area contributed by atoms with Crippen LogP contribution in [0.1, 0.15) is 15.2 Å². The van der Waals surface area contributed by atoms with Gasteiger partial charge in [-0.1, -0.05) is 0 Å². The van der Waals surface area contributed by atoms with Crippen LogP contribution in [0.25, 0.3) is 10.6 Å². The van der Waals surface area contributed by atoms with Gasteiger partial charge in [0.05, 0.1) is 16.3 Å². The van der Waals surface area contributed by atoms with Crippen molar-refractivity contribution in [2.75, 3.05) is 6.54 Å². The molecule has 3 heterocycles. The monoisotopic (exact) mass is 343 g/mol. The molecule has 0 atom stereocenters. The number of nitrogens with zero attached hydrogens (tertiary/aromatic N) is 3. The molecule has 3 aromatic rings. The molecule has 0 aliphatic rings. The summed E-state index contributed by atoms with van der Waals surface area (Å²) in [5, 5.41) is 16.5. The number of hydrogen-bond donors (Lipinski definition) is 3. The summed E-state index contributed by atoms with van der Waals surface area (Å²) in [5.41, 5.74) is 3.64. The van der Waals surface area contributed by atoms with E-state index in [1.165, 1.54) is 16.9 Å². The first kappa shape index (κ1) is 16.3. The molecule has 3 N–H and O–H groups in total. The molecule has 7 nitrogen and oxygen atoms in total. The number of nitrogens with one attached hydrogen (secondary N) is 2. The van der Waals surface area contributed by atoms with Gasteiger partial charge in [-0.05, 0) is 35.9 Å². The zero-order valence-corrected chi connectivity index (χ0v) is 13.7. The van der Waals surface area contributed by atoms with Crippen LogP contribution in [0.15, 0.2) is 48.9 Å². The minimum atomic E-state index is -0.508. The van der Waals surface area contributed by atoms with Gasteiger partial charge in [0, 0.05) is 31.7 Å². The molecule has 24 heavy (non-hydrogen) atoms. The standard InChI is InChI=1S/C16H17N5O2S/c22-16(20-23)15-2-1-14(24-15)13-5-9-21(19-13)10-8-18-11-12-3-6-17-7-4-12/h1-7,9,18,23H,8,10-11H2,(H,20,22). The molecule has 124 valence electrons. The minimum Gasteiger partial charge on any atom is -0.311 e. The number of aromatic nitrogens is 3. The van der Waals surface area contributed by atoms with Crippen molar-refractivity contribution in [3.63, 3.8) is 0 Å². The summed E-state index contributed by atoms with van der Waals surface area (Å²) in [4.78, 5) is 16.7. The van der Waals surface area contributed by atoms with Gasteiger partial charge in [0.25, 0.3) is 5.91 Å². The molecule has 0 spiro atoms. The van der Waals surface area contributed by atoms with Crippen molar-refractivity contribution in [3.05, 3.63) is 59.4 Å². The maximum Gasteiger partial charge on any atom is 0.284 e. The maximum atomic E-state index is 11.4. The van der Waals surface area contributed by atoms with Crippen molar-refractivity contribution < 1.29 is 10.0 Å². The van der Waals surface area contributed by atoms with Crippen LogP contribution < -0.4 is 10.8 Å². The van der Waals surface area contributed by atoms with Crippen molar-refractivity contribution in [1.29, 1.82) is 0 Å². The second-order valence-electron chi connectivity index (χ2n) is 5.10. The van der Waals surface area contributed by atoms with Crippen LogP contribution in [-0.2, 0) is 13.1 Å². The van der Waals surface area contributed by atoms with Gasteiger partial charge < -0.3 is 5.32 Å². The highest BCUT2D eigenvalue weighted by Gasteiger charge is 2.11. The van der Waals surface area contributed by atoms with E-state index in [0.717, 1.165) is 30.2 Å². The summed E-state index contributed by atoms with van der Waals surface area (Å²) >= 11 is 1.29. The molecule has 0 aliphatic heterocycles. The number of pyridine rings is 1. The number of carbonyl (C=O) groups excluding carboxylic acids is 1. The van der Waals surface area contributed by atoms with Gasteiger partial charge in [0.1, 0.15) is 5.69 Å². The molecule has 0 bridgehead atoms. The molecule has 0 saturated heterocycles. The van der Waals surface area contributed by atoms with Crippen molar-refractivity contribution in [2.24, 2.45) is 0 Å². The number of hydrogen-bond acceptors (Lipinski definition) is 6. The van der Waals surface area contributed by atoms with Crippen LogP contribution in [0, 0.1) is 0 Å². The molecule has 0 radical (unpaired) electrons. The topological polar surface area (TPSA) is 92.1 Å². The van der Waals surface area contributed by atoms with Crippen LogP contribution >= 0.6 is 11.3 Å². The van der Waals surface area contributed by atoms with Crippen molar-refractivity contribution in [3.8, 4) is 10.6 Å². The first-order valence-corrected chi connectivity index (χ1v) is 8.25. The maximum absolute atomic E-state index is 11.4. The van der Waals surface area contributed by atoms with E-state index in [4.69, 9.17) is 5.21 Å². The zero-order chi connectivity index (χ0) is 16.8. The van der Waals surface area contributed by atoms with E-state index < -0.39 is 5.91 Å². The molecular formula is C16H17N5O2S. The third-order valence-electron chi connectivity index (χ3n) is 3.42. The molecule has 0 aliphatic carbocycles. The second-order valence-corrected chi connectivity index (χ2v) is 6.18. The number of hydroxylamine groups is 1. The fourth-order valence-corrected chi connectivity index (χ4v) is 3.06. The van der Waals surface area contributed by atoms with Crippen molar-refractivity contribution >= 4 is 17.2 Å². The highest BCUT2D eigenvalue weighted by Crippen LogP contribution is 2.26. The van der Waals surface area contributed by atoms with Gasteiger partial charge in [-0.2, -0.15) is 5.10 Å². The van der Waals surface area contributed by atoms with Gasteiger partial charge in [-0.15, -0.1) is 11.3 Å². The van der Waals surface area contributed by atoms with E-state index >= 15 is 0 Å². The van der Waals surface area contributed by atoms with Crippen molar-refractivity contribution in [1.82, 2.24) is 25.6 Å². The SMILES string of the molecule is O=C(NO)c1ccc(-c2ccn(CCNCc3ccncc3)n2)s1. The first-order valence-electron chi connectivity index (χ1n) is 7.44. The summed E-state index contributed by atoms with van der Waals surface area (Å²) in [6, 6.07) is 9.37. The average Bonchev–Trinajstić information content (AvgIpc) is 3.28. The van der Waals surface area contributed by atoms with Gasteiger partial charge in [-0.3, -0.25) is 19.7 Å². The fraction of sp³-hybridized carbons (Fsp3) is 0.188. The Balaban J connectivity index is 1.52. The lowest BCUT2D eigenvalue weighted by molar-refractivity contribution is 0.0711. The Morgan fingerprint density at radius 1 is 1.21 bits per heavy atom. The highest BCUT2D eigenvalue weighted by atomic mass is 32.1. The predicted molar refractivity (Wildman–Crippen MR) is 90.7 cm³/mol. The summed E-state index contributed by atoms with van der Waals surface area (Å²) in [6.07, 6.45) is 5.47. The van der Waals surface area contributed by atoms with E-state index in [1.807, 2.05) is 35.1 Å². The van der Waals surface area contributed by atoms with Gasteiger partial charge >= 0.3 is 0 Å². The molecule has 0 unspecified atom stereocenters. The van der Waals surface area contributed by atoms with Gasteiger partial charge in [0.2, 0.25) is 0 Å². The lowest BCUT2D eigenvalue weighted by atomic mass is 10.3. The number of carbonyl (C=O) groups is 1. The Morgan fingerprint density at radius 3 is 2.83 bits per heavy atom. The van der Waals surface area contributed by atoms with E-state index in [9.17, 15) is 4.79 Å². The fourth-order valence-electron chi connectivity index (χ4n) is 2.20. The van der Waals surface area contributed by atoms with E-state index in [-0.39, 0.29) is 0 Å². The Morgan fingerprint density at radius 2 is 2.04 bits per heavy atom. The predicted octanol–water partition coefficient (Wildman–Crippen LogP) is 1.92. The van der Waals surface area contributed by atoms with Crippen LogP contribution in [0.2, 0.25) is 0 Å². The van der Waals surface area contributed by atoms with Crippen LogP contribution in [0.3, 0.4) is 0 Å². The molecule has 3 rings (SSSR count). The Labute approximate surface area is 142 Å². The number of amides is 1. The van der Waals surface area contributed by atoms with Crippen LogP contribution in [-0.4, -0.2) is 32.4 Å². The second kappa shape index (κ2) is 7.82.